The van der Waals surface area contributed by atoms with Crippen LogP contribution in [-0.4, -0.2) is 55.9 Å². The van der Waals surface area contributed by atoms with E-state index in [1.54, 1.807) is 44.9 Å². The number of likely N-dealkylation sites (tertiary alicyclic amines) is 1. The highest BCUT2D eigenvalue weighted by molar-refractivity contribution is 6.00. The van der Waals surface area contributed by atoms with Gasteiger partial charge in [0.1, 0.15) is 0 Å². The Balaban J connectivity index is 1.87. The van der Waals surface area contributed by atoms with Crippen molar-refractivity contribution in [3.05, 3.63) is 47.8 Å². The molecule has 3 rings (SSSR count). The van der Waals surface area contributed by atoms with Gasteiger partial charge in [0.15, 0.2) is 0 Å². The fourth-order valence-corrected chi connectivity index (χ4v) is 4.39. The van der Waals surface area contributed by atoms with E-state index in [4.69, 9.17) is 0 Å². The van der Waals surface area contributed by atoms with Crippen molar-refractivity contribution in [2.45, 2.75) is 52.6 Å². The lowest BCUT2D eigenvalue weighted by Crippen LogP contribution is -2.44. The summed E-state index contributed by atoms with van der Waals surface area (Å²) >= 11 is 0. The van der Waals surface area contributed by atoms with Gasteiger partial charge in [0.2, 0.25) is 11.8 Å². The molecular formula is C24H33N5O3. The first-order valence-electron chi connectivity index (χ1n) is 11.1. The third-order valence-corrected chi connectivity index (χ3v) is 5.88. The number of carbonyl (C=O) groups excluding carboxylic acids is 3. The zero-order valence-corrected chi connectivity index (χ0v) is 19.8. The molecule has 1 aliphatic heterocycles. The second-order valence-electron chi connectivity index (χ2n) is 9.18. The van der Waals surface area contributed by atoms with E-state index in [0.29, 0.717) is 24.3 Å². The minimum absolute atomic E-state index is 0.0584. The van der Waals surface area contributed by atoms with Crippen LogP contribution in [0, 0.1) is 5.92 Å². The molecule has 0 radical (unpaired) electrons. The molecule has 0 spiro atoms. The second kappa shape index (κ2) is 9.14. The molecule has 8 heteroatoms. The minimum Gasteiger partial charge on any atom is -0.339 e. The highest BCUT2D eigenvalue weighted by atomic mass is 16.2. The first-order chi connectivity index (χ1) is 15.1. The van der Waals surface area contributed by atoms with Crippen molar-refractivity contribution in [2.75, 3.05) is 18.4 Å². The summed E-state index contributed by atoms with van der Waals surface area (Å²) < 4.78 is 1.68. The van der Waals surface area contributed by atoms with Gasteiger partial charge in [-0.3, -0.25) is 19.1 Å². The average Bonchev–Trinajstić information content (AvgIpc) is 3.31. The lowest BCUT2D eigenvalue weighted by atomic mass is 9.92. The number of amides is 3. The smallest absolute Gasteiger partial charge is 0.253 e. The van der Waals surface area contributed by atoms with E-state index >= 15 is 0 Å². The van der Waals surface area contributed by atoms with Gasteiger partial charge in [0, 0.05) is 55.1 Å². The van der Waals surface area contributed by atoms with Gasteiger partial charge in [-0.2, -0.15) is 5.10 Å². The highest BCUT2D eigenvalue weighted by Crippen LogP contribution is 2.42. The van der Waals surface area contributed by atoms with Gasteiger partial charge in [-0.05, 0) is 52.8 Å². The van der Waals surface area contributed by atoms with Crippen LogP contribution in [0.5, 0.6) is 0 Å². The molecule has 0 bridgehead atoms. The lowest BCUT2D eigenvalue weighted by Gasteiger charge is -2.38. The van der Waals surface area contributed by atoms with Gasteiger partial charge in [0.25, 0.3) is 5.91 Å². The fourth-order valence-electron chi connectivity index (χ4n) is 4.39. The predicted molar refractivity (Wildman–Crippen MR) is 123 cm³/mol. The van der Waals surface area contributed by atoms with Crippen LogP contribution in [-0.2, 0) is 16.6 Å². The Morgan fingerprint density at radius 2 is 1.91 bits per heavy atom. The molecule has 2 atom stereocenters. The van der Waals surface area contributed by atoms with E-state index in [9.17, 15) is 14.4 Å². The van der Waals surface area contributed by atoms with Crippen LogP contribution in [0.1, 0.15) is 63.0 Å². The summed E-state index contributed by atoms with van der Waals surface area (Å²) in [6.07, 6.45) is 3.69. The molecule has 0 saturated carbocycles. The Bertz CT molecular complexity index is 1000. The number of hydrogen-bond donors (Lipinski definition) is 1. The van der Waals surface area contributed by atoms with Crippen LogP contribution in [0.3, 0.4) is 0 Å². The summed E-state index contributed by atoms with van der Waals surface area (Å²) in [4.78, 5) is 42.5. The predicted octanol–water partition coefficient (Wildman–Crippen LogP) is 3.23. The highest BCUT2D eigenvalue weighted by Gasteiger charge is 2.48. The van der Waals surface area contributed by atoms with Crippen molar-refractivity contribution >= 4 is 23.4 Å². The molecule has 2 heterocycles. The number of nitrogens with zero attached hydrogens (tertiary/aromatic N) is 4. The summed E-state index contributed by atoms with van der Waals surface area (Å²) in [5.74, 6) is -0.939. The SMILES string of the molecule is CCN(CC)C(=O)c1cccc(NC(=O)[C@@H]2CC(=O)N(C(C)(C)C)[C@H]2c2cnn(C)c2)c1. The first kappa shape index (κ1) is 23.5. The van der Waals surface area contributed by atoms with Crippen LogP contribution in [0.25, 0.3) is 0 Å². The number of aromatic nitrogens is 2. The van der Waals surface area contributed by atoms with Crippen LogP contribution in [0.2, 0.25) is 0 Å². The quantitative estimate of drug-likeness (QED) is 0.749. The molecule has 2 aromatic rings. The van der Waals surface area contributed by atoms with Crippen LogP contribution < -0.4 is 5.32 Å². The number of anilines is 1. The topological polar surface area (TPSA) is 87.5 Å². The van der Waals surface area contributed by atoms with Gasteiger partial charge in [0.05, 0.1) is 18.2 Å². The molecule has 1 aromatic heterocycles. The molecule has 172 valence electrons. The molecule has 3 amide bonds. The third-order valence-electron chi connectivity index (χ3n) is 5.88. The maximum atomic E-state index is 13.3. The number of aryl methyl sites for hydroxylation is 1. The van der Waals surface area contributed by atoms with Crippen molar-refractivity contribution in [1.82, 2.24) is 19.6 Å². The van der Waals surface area contributed by atoms with Crippen LogP contribution in [0.4, 0.5) is 5.69 Å². The molecule has 1 aliphatic rings. The van der Waals surface area contributed by atoms with Gasteiger partial charge in [-0.25, -0.2) is 0 Å². The van der Waals surface area contributed by atoms with Crippen molar-refractivity contribution in [3.63, 3.8) is 0 Å². The molecule has 1 aromatic carbocycles. The molecule has 1 saturated heterocycles. The monoisotopic (exact) mass is 439 g/mol. The maximum Gasteiger partial charge on any atom is 0.253 e. The van der Waals surface area contributed by atoms with E-state index in [-0.39, 0.29) is 24.1 Å². The van der Waals surface area contributed by atoms with E-state index in [2.05, 4.69) is 10.4 Å². The lowest BCUT2D eigenvalue weighted by molar-refractivity contribution is -0.133. The molecule has 1 N–H and O–H groups in total. The first-order valence-corrected chi connectivity index (χ1v) is 11.1. The summed E-state index contributed by atoms with van der Waals surface area (Å²) in [6.45, 7) is 11.0. The Morgan fingerprint density at radius 3 is 2.47 bits per heavy atom. The van der Waals surface area contributed by atoms with Gasteiger partial charge in [-0.1, -0.05) is 6.07 Å². The Labute approximate surface area is 189 Å². The van der Waals surface area contributed by atoms with E-state index in [1.165, 1.54) is 0 Å². The number of benzene rings is 1. The van der Waals surface area contributed by atoms with Gasteiger partial charge >= 0.3 is 0 Å². The zero-order chi connectivity index (χ0) is 23.6. The summed E-state index contributed by atoms with van der Waals surface area (Å²) in [7, 11) is 1.81. The number of nitrogens with one attached hydrogen (secondary N) is 1. The Morgan fingerprint density at radius 1 is 1.22 bits per heavy atom. The molecule has 0 unspecified atom stereocenters. The number of carbonyl (C=O) groups is 3. The van der Waals surface area contributed by atoms with Crippen molar-refractivity contribution < 1.29 is 14.4 Å². The normalized spacial score (nSPS) is 18.7. The maximum absolute atomic E-state index is 13.3. The van der Waals surface area contributed by atoms with Crippen molar-refractivity contribution in [1.29, 1.82) is 0 Å². The standard InChI is InChI=1S/C24H33N5O3/c1-7-28(8-2)23(32)16-10-9-11-18(12-16)26-22(31)19-13-20(30)29(24(3,4)5)21(19)17-14-25-27(6)15-17/h9-12,14-15,19,21H,7-8,13H2,1-6H3,(H,26,31)/t19-,21+/m1/s1. The van der Waals surface area contributed by atoms with E-state index in [0.717, 1.165) is 5.56 Å². The zero-order valence-electron chi connectivity index (χ0n) is 19.8. The van der Waals surface area contributed by atoms with Gasteiger partial charge < -0.3 is 15.1 Å². The van der Waals surface area contributed by atoms with Crippen molar-refractivity contribution in [2.24, 2.45) is 13.0 Å². The van der Waals surface area contributed by atoms with E-state index < -0.39 is 17.5 Å². The largest absolute Gasteiger partial charge is 0.339 e. The molecule has 32 heavy (non-hydrogen) atoms. The Kier molecular flexibility index (Phi) is 6.71. The molecule has 0 aliphatic carbocycles. The van der Waals surface area contributed by atoms with Crippen LogP contribution in [0.15, 0.2) is 36.7 Å². The average molecular weight is 440 g/mol. The minimum atomic E-state index is -0.562. The summed E-state index contributed by atoms with van der Waals surface area (Å²) in [5, 5.41) is 7.19. The second-order valence-corrected chi connectivity index (χ2v) is 9.18. The third kappa shape index (κ3) is 4.69. The summed E-state index contributed by atoms with van der Waals surface area (Å²) in [5.41, 5.74) is 1.45. The molecule has 8 nitrogen and oxygen atoms in total. The summed E-state index contributed by atoms with van der Waals surface area (Å²) in [6, 6.07) is 6.54. The molecular weight excluding hydrogens is 406 g/mol. The number of hydrogen-bond acceptors (Lipinski definition) is 4. The Hall–Kier alpha value is -3.16. The van der Waals surface area contributed by atoms with Crippen molar-refractivity contribution in [3.8, 4) is 0 Å². The van der Waals surface area contributed by atoms with Crippen LogP contribution >= 0.6 is 0 Å². The number of rotatable bonds is 6. The molecule has 1 fully saturated rings. The fraction of sp³-hybridized carbons (Fsp3) is 0.500. The van der Waals surface area contributed by atoms with E-state index in [1.807, 2.05) is 47.9 Å². The van der Waals surface area contributed by atoms with Gasteiger partial charge in [-0.15, -0.1) is 0 Å².